The van der Waals surface area contributed by atoms with Crippen molar-refractivity contribution in [2.45, 2.75) is 33.4 Å². The zero-order chi connectivity index (χ0) is 15.1. The van der Waals surface area contributed by atoms with E-state index in [1.807, 2.05) is 44.3 Å². The van der Waals surface area contributed by atoms with Gasteiger partial charge in [-0.05, 0) is 44.2 Å². The van der Waals surface area contributed by atoms with Crippen molar-refractivity contribution < 1.29 is 13.9 Å². The van der Waals surface area contributed by atoms with Crippen LogP contribution in [-0.4, -0.2) is 13.7 Å². The van der Waals surface area contributed by atoms with Crippen molar-refractivity contribution in [3.8, 4) is 11.5 Å². The molecule has 1 heterocycles. The summed E-state index contributed by atoms with van der Waals surface area (Å²) in [5.74, 6) is 3.29. The number of ether oxygens (including phenoxy) is 2. The van der Waals surface area contributed by atoms with Gasteiger partial charge in [-0.2, -0.15) is 0 Å². The fourth-order valence-electron chi connectivity index (χ4n) is 2.05. The molecule has 0 bridgehead atoms. The minimum atomic E-state index is 0.400. The van der Waals surface area contributed by atoms with E-state index in [2.05, 4.69) is 12.2 Å². The van der Waals surface area contributed by atoms with Crippen LogP contribution in [0, 0.1) is 6.92 Å². The normalized spacial score (nSPS) is 10.6. The number of hydrogen-bond acceptors (Lipinski definition) is 4. The minimum Gasteiger partial charge on any atom is -0.490 e. The van der Waals surface area contributed by atoms with Crippen LogP contribution in [-0.2, 0) is 13.2 Å². The number of nitrogens with one attached hydrogen (secondary N) is 1. The Kier molecular flexibility index (Phi) is 5.69. The Morgan fingerprint density at radius 2 is 1.86 bits per heavy atom. The van der Waals surface area contributed by atoms with E-state index < -0.39 is 0 Å². The highest BCUT2D eigenvalue weighted by atomic mass is 16.5. The third kappa shape index (κ3) is 4.26. The second-order valence-corrected chi connectivity index (χ2v) is 4.93. The van der Waals surface area contributed by atoms with Gasteiger partial charge in [0.1, 0.15) is 18.1 Å². The minimum absolute atomic E-state index is 0.400. The van der Waals surface area contributed by atoms with E-state index in [1.165, 1.54) is 0 Å². The smallest absolute Gasteiger partial charge is 0.161 e. The number of aryl methyl sites for hydroxylation is 1. The van der Waals surface area contributed by atoms with Crippen LogP contribution in [0.2, 0.25) is 0 Å². The summed E-state index contributed by atoms with van der Waals surface area (Å²) >= 11 is 0. The predicted molar refractivity (Wildman–Crippen MR) is 82.8 cm³/mol. The maximum Gasteiger partial charge on any atom is 0.161 e. The third-order valence-corrected chi connectivity index (χ3v) is 3.09. The molecule has 0 amide bonds. The van der Waals surface area contributed by atoms with E-state index in [4.69, 9.17) is 13.9 Å². The fourth-order valence-corrected chi connectivity index (χ4v) is 2.05. The zero-order valence-corrected chi connectivity index (χ0v) is 12.9. The molecule has 0 aliphatic rings. The molecule has 114 valence electrons. The largest absolute Gasteiger partial charge is 0.490 e. The number of rotatable bonds is 8. The van der Waals surface area contributed by atoms with Crippen LogP contribution < -0.4 is 14.8 Å². The molecule has 2 rings (SSSR count). The van der Waals surface area contributed by atoms with Crippen molar-refractivity contribution in [3.05, 3.63) is 47.4 Å². The Hall–Kier alpha value is -1.94. The number of para-hydroxylation sites is 2. The van der Waals surface area contributed by atoms with Crippen molar-refractivity contribution in [1.29, 1.82) is 0 Å². The summed E-state index contributed by atoms with van der Waals surface area (Å²) in [5, 5.41) is 3.09. The average molecular weight is 289 g/mol. The lowest BCUT2D eigenvalue weighted by molar-refractivity contribution is 0.240. The second kappa shape index (κ2) is 7.74. The van der Waals surface area contributed by atoms with Gasteiger partial charge in [0.05, 0.1) is 13.2 Å². The van der Waals surface area contributed by atoms with E-state index >= 15 is 0 Å². The van der Waals surface area contributed by atoms with E-state index in [-0.39, 0.29) is 0 Å². The molecule has 1 aromatic heterocycles. The van der Waals surface area contributed by atoms with Crippen molar-refractivity contribution >= 4 is 0 Å². The highest BCUT2D eigenvalue weighted by Crippen LogP contribution is 2.28. The van der Waals surface area contributed by atoms with Crippen LogP contribution in [0.15, 0.2) is 34.7 Å². The SMILES string of the molecule is CCCOc1ccccc1OCc1cc(C)c(CNC)o1. The predicted octanol–water partition coefficient (Wildman–Crippen LogP) is 3.68. The summed E-state index contributed by atoms with van der Waals surface area (Å²) in [6, 6.07) is 9.73. The van der Waals surface area contributed by atoms with Gasteiger partial charge in [0.2, 0.25) is 0 Å². The van der Waals surface area contributed by atoms with Crippen LogP contribution in [0.25, 0.3) is 0 Å². The van der Waals surface area contributed by atoms with Gasteiger partial charge in [-0.15, -0.1) is 0 Å². The van der Waals surface area contributed by atoms with Crippen LogP contribution in [0.4, 0.5) is 0 Å². The Labute approximate surface area is 126 Å². The fraction of sp³-hybridized carbons (Fsp3) is 0.412. The molecule has 1 N–H and O–H groups in total. The average Bonchev–Trinajstić information content (AvgIpc) is 2.84. The van der Waals surface area contributed by atoms with Gasteiger partial charge in [0, 0.05) is 0 Å². The Bertz CT molecular complexity index is 563. The van der Waals surface area contributed by atoms with Gasteiger partial charge in [0.25, 0.3) is 0 Å². The molecular formula is C17H23NO3. The quantitative estimate of drug-likeness (QED) is 0.805. The first-order valence-corrected chi connectivity index (χ1v) is 7.32. The van der Waals surface area contributed by atoms with Crippen LogP contribution in [0.1, 0.15) is 30.4 Å². The summed E-state index contributed by atoms with van der Waals surface area (Å²) in [7, 11) is 1.90. The van der Waals surface area contributed by atoms with E-state index in [0.29, 0.717) is 13.2 Å². The molecule has 0 spiro atoms. The summed E-state index contributed by atoms with van der Waals surface area (Å²) in [6.07, 6.45) is 0.971. The highest BCUT2D eigenvalue weighted by molar-refractivity contribution is 5.39. The third-order valence-electron chi connectivity index (χ3n) is 3.09. The van der Waals surface area contributed by atoms with Gasteiger partial charge in [-0.25, -0.2) is 0 Å². The van der Waals surface area contributed by atoms with Gasteiger partial charge in [-0.3, -0.25) is 0 Å². The number of hydrogen-bond donors (Lipinski definition) is 1. The van der Waals surface area contributed by atoms with Crippen molar-refractivity contribution in [1.82, 2.24) is 5.32 Å². The molecule has 0 saturated carbocycles. The summed E-state index contributed by atoms with van der Waals surface area (Å²) in [6.45, 7) is 5.93. The van der Waals surface area contributed by atoms with Crippen LogP contribution in [0.3, 0.4) is 0 Å². The molecule has 0 aliphatic heterocycles. The lowest BCUT2D eigenvalue weighted by atomic mass is 10.2. The molecule has 1 aromatic carbocycles. The van der Waals surface area contributed by atoms with Crippen LogP contribution >= 0.6 is 0 Å². The Balaban J connectivity index is 2.01. The van der Waals surface area contributed by atoms with Crippen molar-refractivity contribution in [3.63, 3.8) is 0 Å². The van der Waals surface area contributed by atoms with E-state index in [9.17, 15) is 0 Å². The molecule has 0 saturated heterocycles. The summed E-state index contributed by atoms with van der Waals surface area (Å²) in [5.41, 5.74) is 1.14. The standard InChI is InChI=1S/C17H23NO3/c1-4-9-19-15-7-5-6-8-16(15)20-12-14-10-13(2)17(21-14)11-18-3/h5-8,10,18H,4,9,11-12H2,1-3H3. The molecule has 0 radical (unpaired) electrons. The highest BCUT2D eigenvalue weighted by Gasteiger charge is 2.09. The molecule has 4 nitrogen and oxygen atoms in total. The van der Waals surface area contributed by atoms with Gasteiger partial charge >= 0.3 is 0 Å². The van der Waals surface area contributed by atoms with E-state index in [0.717, 1.165) is 41.5 Å². The molecule has 21 heavy (non-hydrogen) atoms. The van der Waals surface area contributed by atoms with Crippen LogP contribution in [0.5, 0.6) is 11.5 Å². The first-order chi connectivity index (χ1) is 10.2. The molecule has 2 aromatic rings. The Morgan fingerprint density at radius 3 is 2.52 bits per heavy atom. The lowest BCUT2D eigenvalue weighted by Crippen LogP contribution is -2.04. The molecule has 0 unspecified atom stereocenters. The van der Waals surface area contributed by atoms with E-state index in [1.54, 1.807) is 0 Å². The molecule has 4 heteroatoms. The van der Waals surface area contributed by atoms with Gasteiger partial charge in [-0.1, -0.05) is 19.1 Å². The number of furan rings is 1. The molecule has 0 atom stereocenters. The number of benzene rings is 1. The molecular weight excluding hydrogens is 266 g/mol. The molecule has 0 aliphatic carbocycles. The maximum atomic E-state index is 5.83. The molecule has 0 fully saturated rings. The zero-order valence-electron chi connectivity index (χ0n) is 12.9. The maximum absolute atomic E-state index is 5.83. The van der Waals surface area contributed by atoms with Gasteiger partial charge in [0.15, 0.2) is 11.5 Å². The van der Waals surface area contributed by atoms with Crippen molar-refractivity contribution in [2.24, 2.45) is 0 Å². The van der Waals surface area contributed by atoms with Crippen molar-refractivity contribution in [2.75, 3.05) is 13.7 Å². The second-order valence-electron chi connectivity index (χ2n) is 4.93. The lowest BCUT2D eigenvalue weighted by Gasteiger charge is -2.11. The monoisotopic (exact) mass is 289 g/mol. The van der Waals surface area contributed by atoms with Gasteiger partial charge < -0.3 is 19.2 Å². The topological polar surface area (TPSA) is 43.6 Å². The summed E-state index contributed by atoms with van der Waals surface area (Å²) in [4.78, 5) is 0. The first-order valence-electron chi connectivity index (χ1n) is 7.32. The first kappa shape index (κ1) is 15.4. The Morgan fingerprint density at radius 1 is 1.14 bits per heavy atom. The summed E-state index contributed by atoms with van der Waals surface area (Å²) < 4.78 is 17.3.